The van der Waals surface area contributed by atoms with Crippen LogP contribution in [-0.4, -0.2) is 28.9 Å². The van der Waals surface area contributed by atoms with E-state index in [1.165, 1.54) is 6.42 Å². The predicted octanol–water partition coefficient (Wildman–Crippen LogP) is 6.30. The number of Topliss-reactive ketones (excluding diaryl/α,β-unsaturated/α-hetero) is 1. The average molecular weight is 496 g/mol. The molecule has 6 heteroatoms. The number of halogens is 1. The Hall–Kier alpha value is -2.57. The second-order valence-corrected chi connectivity index (χ2v) is 10.2. The van der Waals surface area contributed by atoms with Crippen LogP contribution < -0.4 is 4.74 Å². The molecule has 0 amide bonds. The van der Waals surface area contributed by atoms with Gasteiger partial charge in [0.15, 0.2) is 5.76 Å². The Balaban J connectivity index is 1.49. The third kappa shape index (κ3) is 3.86. The first kappa shape index (κ1) is 21.3. The van der Waals surface area contributed by atoms with Gasteiger partial charge in [-0.1, -0.05) is 29.8 Å². The molecule has 1 fully saturated rings. The van der Waals surface area contributed by atoms with E-state index < -0.39 is 0 Å². The molecule has 1 aromatic heterocycles. The highest BCUT2D eigenvalue weighted by Crippen LogP contribution is 2.43. The van der Waals surface area contributed by atoms with Gasteiger partial charge in [-0.25, -0.2) is 0 Å². The van der Waals surface area contributed by atoms with Gasteiger partial charge in [-0.3, -0.25) is 9.69 Å². The van der Waals surface area contributed by atoms with Gasteiger partial charge >= 0.3 is 0 Å². The summed E-state index contributed by atoms with van der Waals surface area (Å²) < 4.78 is 12.9. The molecule has 0 saturated carbocycles. The third-order valence-corrected chi connectivity index (χ3v) is 6.81. The van der Waals surface area contributed by atoms with Crippen LogP contribution in [0.4, 0.5) is 0 Å². The number of phenolic OH excluding ortho intramolecular Hbond substituents is 1. The van der Waals surface area contributed by atoms with Crippen LogP contribution in [0.2, 0.25) is 0 Å². The van der Waals surface area contributed by atoms with E-state index in [1.54, 1.807) is 12.1 Å². The van der Waals surface area contributed by atoms with Crippen LogP contribution >= 0.6 is 15.9 Å². The number of carbonyl (C=O) groups excluding carboxylic acids is 1. The summed E-state index contributed by atoms with van der Waals surface area (Å²) in [6.45, 7) is 8.84. The molecule has 0 bridgehead atoms. The van der Waals surface area contributed by atoms with Crippen molar-refractivity contribution in [1.82, 2.24) is 4.90 Å². The number of phenols is 1. The van der Waals surface area contributed by atoms with Crippen LogP contribution in [0.5, 0.6) is 11.5 Å². The second kappa shape index (κ2) is 8.09. The van der Waals surface area contributed by atoms with Crippen molar-refractivity contribution < 1.29 is 19.1 Å². The molecule has 2 atom stereocenters. The first-order chi connectivity index (χ1) is 15.3. The summed E-state index contributed by atoms with van der Waals surface area (Å²) in [5.74, 6) is 2.44. The molecule has 5 rings (SSSR count). The SMILES string of the molecule is Cc1cc(O)c(CN2C[C@H](C)C[C@@H](C)C2)c2c1C(=O)C(=Cc1cc3cc(Br)ccc3o1)O2. The van der Waals surface area contributed by atoms with Crippen molar-refractivity contribution in [2.24, 2.45) is 11.8 Å². The number of likely N-dealkylation sites (tertiary alicyclic amines) is 1. The number of hydrogen-bond acceptors (Lipinski definition) is 5. The number of benzene rings is 2. The molecule has 2 aliphatic rings. The highest BCUT2D eigenvalue weighted by atomic mass is 79.9. The van der Waals surface area contributed by atoms with Crippen LogP contribution in [0.25, 0.3) is 17.0 Å². The van der Waals surface area contributed by atoms with Gasteiger partial charge in [-0.05, 0) is 61.1 Å². The maximum atomic E-state index is 13.2. The topological polar surface area (TPSA) is 62.9 Å². The number of ketones is 1. The van der Waals surface area contributed by atoms with Gasteiger partial charge in [-0.15, -0.1) is 0 Å². The fraction of sp³-hybridized carbons (Fsp3) is 0.346. The van der Waals surface area contributed by atoms with Crippen molar-refractivity contribution in [1.29, 1.82) is 0 Å². The summed E-state index contributed by atoms with van der Waals surface area (Å²) in [6, 6.07) is 9.32. The zero-order chi connectivity index (χ0) is 22.6. The monoisotopic (exact) mass is 495 g/mol. The van der Waals surface area contributed by atoms with Crippen molar-refractivity contribution in [3.63, 3.8) is 0 Å². The van der Waals surface area contributed by atoms with E-state index in [9.17, 15) is 9.90 Å². The smallest absolute Gasteiger partial charge is 0.232 e. The van der Waals surface area contributed by atoms with Crippen LogP contribution in [0.15, 0.2) is 45.0 Å². The lowest BCUT2D eigenvalue weighted by Gasteiger charge is -2.35. The molecule has 2 aromatic carbocycles. The molecule has 0 spiro atoms. The highest BCUT2D eigenvalue weighted by molar-refractivity contribution is 9.10. The van der Waals surface area contributed by atoms with Crippen molar-refractivity contribution >= 4 is 38.8 Å². The lowest BCUT2D eigenvalue weighted by atomic mass is 9.91. The van der Waals surface area contributed by atoms with Gasteiger partial charge in [0, 0.05) is 35.6 Å². The number of nitrogens with zero attached hydrogens (tertiary/aromatic N) is 1. The minimum absolute atomic E-state index is 0.176. The molecule has 1 N–H and O–H groups in total. The molecular weight excluding hydrogens is 470 g/mol. The Morgan fingerprint density at radius 1 is 1.19 bits per heavy atom. The van der Waals surface area contributed by atoms with E-state index in [1.807, 2.05) is 31.2 Å². The van der Waals surface area contributed by atoms with Crippen LogP contribution in [0.1, 0.15) is 47.5 Å². The Morgan fingerprint density at radius 3 is 2.69 bits per heavy atom. The average Bonchev–Trinajstić information content (AvgIpc) is 3.25. The summed E-state index contributed by atoms with van der Waals surface area (Å²) in [7, 11) is 0. The number of aromatic hydroxyl groups is 1. The maximum Gasteiger partial charge on any atom is 0.232 e. The Kier molecular flexibility index (Phi) is 5.38. The standard InChI is InChI=1S/C26H26BrNO4/c1-14-6-15(2)12-28(11-14)13-20-21(29)7-16(3)24-25(30)23(32-26(20)24)10-19-9-17-8-18(27)4-5-22(17)31-19/h4-5,7-10,14-15,29H,6,11-13H2,1-3H3/t14-,15-/m1/s1. The van der Waals surface area contributed by atoms with Crippen LogP contribution in [-0.2, 0) is 6.54 Å². The fourth-order valence-corrected chi connectivity index (χ4v) is 5.49. The number of piperidine rings is 1. The Bertz CT molecular complexity index is 1250. The summed E-state index contributed by atoms with van der Waals surface area (Å²) in [4.78, 5) is 15.6. The minimum atomic E-state index is -0.180. The van der Waals surface area contributed by atoms with Gasteiger partial charge in [0.1, 0.15) is 22.8 Å². The van der Waals surface area contributed by atoms with E-state index in [-0.39, 0.29) is 17.3 Å². The quantitative estimate of drug-likeness (QED) is 0.431. The van der Waals surface area contributed by atoms with E-state index in [0.29, 0.717) is 46.6 Å². The Morgan fingerprint density at radius 2 is 1.94 bits per heavy atom. The number of carbonyl (C=O) groups is 1. The van der Waals surface area contributed by atoms with Crippen molar-refractivity contribution in [3.05, 3.63) is 63.0 Å². The molecule has 3 heterocycles. The third-order valence-electron chi connectivity index (χ3n) is 6.32. The van der Waals surface area contributed by atoms with Gasteiger partial charge in [0.25, 0.3) is 0 Å². The zero-order valence-corrected chi connectivity index (χ0v) is 20.0. The molecular formula is C26H26BrNO4. The lowest BCUT2D eigenvalue weighted by Crippen LogP contribution is -2.38. The Labute approximate surface area is 195 Å². The molecule has 3 aromatic rings. The largest absolute Gasteiger partial charge is 0.507 e. The fourth-order valence-electron chi connectivity index (χ4n) is 5.11. The number of allylic oxidation sites excluding steroid dienone is 1. The number of aryl methyl sites for hydroxylation is 1. The number of fused-ring (bicyclic) bond motifs is 2. The van der Waals surface area contributed by atoms with Crippen molar-refractivity contribution in [2.45, 2.75) is 33.7 Å². The molecule has 0 radical (unpaired) electrons. The second-order valence-electron chi connectivity index (χ2n) is 9.31. The summed E-state index contributed by atoms with van der Waals surface area (Å²) in [5.41, 5.74) is 2.66. The van der Waals surface area contributed by atoms with Crippen molar-refractivity contribution in [3.8, 4) is 11.5 Å². The van der Waals surface area contributed by atoms with E-state index in [4.69, 9.17) is 9.15 Å². The number of rotatable bonds is 3. The van der Waals surface area contributed by atoms with Gasteiger partial charge in [0.05, 0.1) is 11.1 Å². The normalized spacial score (nSPS) is 22.5. The summed E-state index contributed by atoms with van der Waals surface area (Å²) in [6.07, 6.45) is 2.85. The van der Waals surface area contributed by atoms with Crippen LogP contribution in [0, 0.1) is 18.8 Å². The van der Waals surface area contributed by atoms with E-state index >= 15 is 0 Å². The number of ether oxygens (including phenoxy) is 1. The molecule has 1 saturated heterocycles. The summed E-state index contributed by atoms with van der Waals surface area (Å²) >= 11 is 3.47. The van der Waals surface area contributed by atoms with E-state index in [2.05, 4.69) is 34.7 Å². The van der Waals surface area contributed by atoms with Gasteiger partial charge < -0.3 is 14.3 Å². The number of hydrogen-bond donors (Lipinski definition) is 1. The predicted molar refractivity (Wildman–Crippen MR) is 128 cm³/mol. The molecule has 32 heavy (non-hydrogen) atoms. The maximum absolute atomic E-state index is 13.2. The van der Waals surface area contributed by atoms with Crippen molar-refractivity contribution in [2.75, 3.05) is 13.1 Å². The highest BCUT2D eigenvalue weighted by Gasteiger charge is 2.34. The molecule has 166 valence electrons. The molecule has 2 aliphatic heterocycles. The lowest BCUT2D eigenvalue weighted by molar-refractivity contribution is 0.101. The number of furan rings is 1. The molecule has 0 unspecified atom stereocenters. The van der Waals surface area contributed by atoms with Crippen LogP contribution in [0.3, 0.4) is 0 Å². The van der Waals surface area contributed by atoms with Gasteiger partial charge in [0.2, 0.25) is 5.78 Å². The summed E-state index contributed by atoms with van der Waals surface area (Å²) in [5, 5.41) is 11.7. The zero-order valence-electron chi connectivity index (χ0n) is 18.4. The first-order valence-corrected chi connectivity index (χ1v) is 11.8. The minimum Gasteiger partial charge on any atom is -0.507 e. The molecule has 5 nitrogen and oxygen atoms in total. The van der Waals surface area contributed by atoms with E-state index in [0.717, 1.165) is 28.5 Å². The molecule has 0 aliphatic carbocycles. The first-order valence-electron chi connectivity index (χ1n) is 11.0. The van der Waals surface area contributed by atoms with Gasteiger partial charge in [-0.2, -0.15) is 0 Å².